The SMILES string of the molecule is Cc1ccc(NC(=O)COC(=O)CSCc2ccccc2Cl)c(Cl)c1. The van der Waals surface area contributed by atoms with Crippen LogP contribution < -0.4 is 5.32 Å². The summed E-state index contributed by atoms with van der Waals surface area (Å²) in [6, 6.07) is 12.7. The van der Waals surface area contributed by atoms with Crippen LogP contribution in [-0.2, 0) is 20.1 Å². The van der Waals surface area contributed by atoms with Gasteiger partial charge in [0.15, 0.2) is 6.61 Å². The van der Waals surface area contributed by atoms with Crippen LogP contribution in [0, 0.1) is 6.92 Å². The summed E-state index contributed by atoms with van der Waals surface area (Å²) < 4.78 is 4.96. The van der Waals surface area contributed by atoms with Crippen molar-refractivity contribution in [2.24, 2.45) is 0 Å². The van der Waals surface area contributed by atoms with Crippen LogP contribution in [0.3, 0.4) is 0 Å². The summed E-state index contributed by atoms with van der Waals surface area (Å²) in [6.07, 6.45) is 0. The summed E-state index contributed by atoms with van der Waals surface area (Å²) in [5.74, 6) is -0.151. The van der Waals surface area contributed by atoms with E-state index in [1.54, 1.807) is 18.2 Å². The maximum atomic E-state index is 11.8. The number of anilines is 1. The van der Waals surface area contributed by atoms with E-state index in [4.69, 9.17) is 27.9 Å². The van der Waals surface area contributed by atoms with E-state index in [1.807, 2.05) is 31.2 Å². The Bertz CT molecular complexity index is 768. The normalized spacial score (nSPS) is 10.4. The number of halogens is 2. The highest BCUT2D eigenvalue weighted by molar-refractivity contribution is 7.99. The molecule has 0 spiro atoms. The first kappa shape index (κ1) is 19.6. The van der Waals surface area contributed by atoms with Gasteiger partial charge in [0.2, 0.25) is 0 Å². The second-order valence-corrected chi connectivity index (χ2v) is 7.08. The highest BCUT2D eigenvalue weighted by atomic mass is 35.5. The van der Waals surface area contributed by atoms with Crippen molar-refractivity contribution in [3.8, 4) is 0 Å². The molecule has 1 amide bonds. The number of carbonyl (C=O) groups is 2. The second-order valence-electron chi connectivity index (χ2n) is 5.28. The van der Waals surface area contributed by atoms with E-state index >= 15 is 0 Å². The lowest BCUT2D eigenvalue weighted by Gasteiger charge is -2.09. The number of nitrogens with one attached hydrogen (secondary N) is 1. The van der Waals surface area contributed by atoms with E-state index in [-0.39, 0.29) is 12.4 Å². The number of carbonyl (C=O) groups excluding carboxylic acids is 2. The number of amides is 1. The van der Waals surface area contributed by atoms with Gasteiger partial charge in [-0.15, -0.1) is 11.8 Å². The third-order valence-corrected chi connectivity index (χ3v) is 4.83. The lowest BCUT2D eigenvalue weighted by molar-refractivity contribution is -0.144. The number of esters is 1. The zero-order valence-corrected chi connectivity index (χ0v) is 15.9. The fourth-order valence-electron chi connectivity index (χ4n) is 1.96. The minimum Gasteiger partial charge on any atom is -0.455 e. The molecule has 0 saturated carbocycles. The van der Waals surface area contributed by atoms with Crippen molar-refractivity contribution in [1.29, 1.82) is 0 Å². The molecule has 132 valence electrons. The molecule has 0 atom stereocenters. The standard InChI is InChI=1S/C18H17Cl2NO3S/c1-12-6-7-16(15(20)8-12)21-17(22)9-24-18(23)11-25-10-13-4-2-3-5-14(13)19/h2-8H,9-11H2,1H3,(H,21,22). The topological polar surface area (TPSA) is 55.4 Å². The molecule has 2 rings (SSSR count). The number of hydrogen-bond donors (Lipinski definition) is 1. The summed E-state index contributed by atoms with van der Waals surface area (Å²) in [5, 5.41) is 3.71. The van der Waals surface area contributed by atoms with Gasteiger partial charge < -0.3 is 10.1 Å². The van der Waals surface area contributed by atoms with Crippen LogP contribution in [-0.4, -0.2) is 24.2 Å². The lowest BCUT2D eigenvalue weighted by atomic mass is 10.2. The third-order valence-electron chi connectivity index (χ3n) is 3.20. The van der Waals surface area contributed by atoms with E-state index in [1.165, 1.54) is 11.8 Å². The highest BCUT2D eigenvalue weighted by Crippen LogP contribution is 2.23. The smallest absolute Gasteiger partial charge is 0.316 e. The number of rotatable bonds is 7. The second kappa shape index (κ2) is 9.70. The molecule has 2 aromatic rings. The number of hydrogen-bond acceptors (Lipinski definition) is 4. The molecule has 0 heterocycles. The molecule has 0 saturated heterocycles. The molecule has 7 heteroatoms. The van der Waals surface area contributed by atoms with Gasteiger partial charge in [-0.3, -0.25) is 9.59 Å². The van der Waals surface area contributed by atoms with Gasteiger partial charge in [0, 0.05) is 10.8 Å². The Morgan fingerprint density at radius 2 is 1.88 bits per heavy atom. The van der Waals surface area contributed by atoms with Crippen molar-refractivity contribution >= 4 is 52.5 Å². The monoisotopic (exact) mass is 397 g/mol. The zero-order valence-electron chi connectivity index (χ0n) is 13.6. The lowest BCUT2D eigenvalue weighted by Crippen LogP contribution is -2.21. The first-order valence-electron chi connectivity index (χ1n) is 7.48. The molecule has 0 bridgehead atoms. The van der Waals surface area contributed by atoms with Gasteiger partial charge in [-0.1, -0.05) is 47.5 Å². The van der Waals surface area contributed by atoms with E-state index in [9.17, 15) is 9.59 Å². The van der Waals surface area contributed by atoms with Crippen molar-refractivity contribution in [3.63, 3.8) is 0 Å². The molecule has 0 radical (unpaired) electrons. The number of benzene rings is 2. The molecule has 4 nitrogen and oxygen atoms in total. The van der Waals surface area contributed by atoms with Crippen LogP contribution in [0.1, 0.15) is 11.1 Å². The van der Waals surface area contributed by atoms with Gasteiger partial charge in [-0.2, -0.15) is 0 Å². The van der Waals surface area contributed by atoms with E-state index in [0.29, 0.717) is 21.5 Å². The van der Waals surface area contributed by atoms with E-state index in [0.717, 1.165) is 11.1 Å². The number of thioether (sulfide) groups is 1. The molecule has 0 aliphatic carbocycles. The molecule has 1 N–H and O–H groups in total. The Morgan fingerprint density at radius 3 is 2.60 bits per heavy atom. The molecule has 25 heavy (non-hydrogen) atoms. The highest BCUT2D eigenvalue weighted by Gasteiger charge is 2.10. The van der Waals surface area contributed by atoms with Gasteiger partial charge in [0.05, 0.1) is 16.5 Å². The molecule has 2 aromatic carbocycles. The van der Waals surface area contributed by atoms with Crippen molar-refractivity contribution in [3.05, 3.63) is 63.6 Å². The Kier molecular flexibility index (Phi) is 7.62. The van der Waals surface area contributed by atoms with Crippen molar-refractivity contribution in [1.82, 2.24) is 0 Å². The Morgan fingerprint density at radius 1 is 1.12 bits per heavy atom. The summed E-state index contributed by atoms with van der Waals surface area (Å²) in [6.45, 7) is 1.55. The fourth-order valence-corrected chi connectivity index (χ4v) is 3.34. The maximum Gasteiger partial charge on any atom is 0.316 e. The quantitative estimate of drug-likeness (QED) is 0.686. The molecule has 0 aromatic heterocycles. The molecular weight excluding hydrogens is 381 g/mol. The molecule has 0 aliphatic rings. The van der Waals surface area contributed by atoms with E-state index in [2.05, 4.69) is 5.32 Å². The van der Waals surface area contributed by atoms with Crippen LogP contribution in [0.25, 0.3) is 0 Å². The van der Waals surface area contributed by atoms with Crippen LogP contribution in [0.2, 0.25) is 10.0 Å². The van der Waals surface area contributed by atoms with Gasteiger partial charge in [0.1, 0.15) is 0 Å². The van der Waals surface area contributed by atoms with Crippen LogP contribution in [0.15, 0.2) is 42.5 Å². The van der Waals surface area contributed by atoms with Gasteiger partial charge in [-0.05, 0) is 36.2 Å². The van der Waals surface area contributed by atoms with Gasteiger partial charge >= 0.3 is 5.97 Å². The third kappa shape index (κ3) is 6.61. The minimum atomic E-state index is -0.456. The van der Waals surface area contributed by atoms with Crippen LogP contribution in [0.4, 0.5) is 5.69 Å². The summed E-state index contributed by atoms with van der Waals surface area (Å²) in [5.41, 5.74) is 2.43. The van der Waals surface area contributed by atoms with Crippen molar-refractivity contribution in [2.45, 2.75) is 12.7 Å². The van der Waals surface area contributed by atoms with Gasteiger partial charge in [0.25, 0.3) is 5.91 Å². The predicted octanol–water partition coefficient (Wildman–Crippen LogP) is 4.72. The summed E-state index contributed by atoms with van der Waals surface area (Å²) in [7, 11) is 0. The Hall–Kier alpha value is -1.69. The molecule has 0 fully saturated rings. The Labute approximate surface area is 160 Å². The van der Waals surface area contributed by atoms with E-state index < -0.39 is 11.9 Å². The van der Waals surface area contributed by atoms with Crippen molar-refractivity contribution < 1.29 is 14.3 Å². The van der Waals surface area contributed by atoms with Crippen LogP contribution in [0.5, 0.6) is 0 Å². The first-order chi connectivity index (χ1) is 12.0. The van der Waals surface area contributed by atoms with Crippen LogP contribution >= 0.6 is 35.0 Å². The fraction of sp³-hybridized carbons (Fsp3) is 0.222. The average Bonchev–Trinajstić information content (AvgIpc) is 2.57. The maximum absolute atomic E-state index is 11.8. The number of aryl methyl sites for hydroxylation is 1. The number of ether oxygens (including phenoxy) is 1. The largest absolute Gasteiger partial charge is 0.455 e. The molecule has 0 aliphatic heterocycles. The average molecular weight is 398 g/mol. The Balaban J connectivity index is 1.70. The molecular formula is C18H17Cl2NO3S. The first-order valence-corrected chi connectivity index (χ1v) is 9.39. The van der Waals surface area contributed by atoms with Crippen molar-refractivity contribution in [2.75, 3.05) is 17.7 Å². The van der Waals surface area contributed by atoms with Gasteiger partial charge in [-0.25, -0.2) is 0 Å². The molecule has 0 unspecified atom stereocenters. The summed E-state index contributed by atoms with van der Waals surface area (Å²) in [4.78, 5) is 23.5. The zero-order chi connectivity index (χ0) is 18.2. The summed E-state index contributed by atoms with van der Waals surface area (Å²) >= 11 is 13.5. The minimum absolute atomic E-state index is 0.143. The predicted molar refractivity (Wildman–Crippen MR) is 103 cm³/mol.